The lowest BCUT2D eigenvalue weighted by molar-refractivity contribution is -0.124. The fourth-order valence-corrected chi connectivity index (χ4v) is 4.86. The molecule has 7 nitrogen and oxygen atoms in total. The molecular formula is C16H18N4O3S2. The van der Waals surface area contributed by atoms with Gasteiger partial charge in [0, 0.05) is 18.0 Å². The first-order valence-electron chi connectivity index (χ1n) is 8.26. The molecule has 1 aliphatic carbocycles. The van der Waals surface area contributed by atoms with Gasteiger partial charge in [0.2, 0.25) is 5.91 Å². The van der Waals surface area contributed by atoms with Gasteiger partial charge >= 0.3 is 6.03 Å². The fraction of sp³-hybridized carbons (Fsp3) is 0.500. The highest BCUT2D eigenvalue weighted by atomic mass is 32.2. The molecule has 1 fully saturated rings. The number of thiophene rings is 1. The van der Waals surface area contributed by atoms with Crippen molar-refractivity contribution in [2.45, 2.75) is 31.4 Å². The van der Waals surface area contributed by atoms with Gasteiger partial charge in [0.05, 0.1) is 10.6 Å². The van der Waals surface area contributed by atoms with Crippen molar-refractivity contribution in [3.05, 3.63) is 16.5 Å². The Bertz CT molecular complexity index is 816. The van der Waals surface area contributed by atoms with Crippen LogP contribution in [0.1, 0.15) is 23.8 Å². The highest BCUT2D eigenvalue weighted by Gasteiger charge is 2.26. The van der Waals surface area contributed by atoms with Gasteiger partial charge in [-0.1, -0.05) is 18.7 Å². The van der Waals surface area contributed by atoms with Crippen molar-refractivity contribution >= 4 is 35.0 Å². The molecule has 9 heteroatoms. The Kier molecular flexibility index (Phi) is 4.51. The van der Waals surface area contributed by atoms with E-state index in [9.17, 15) is 9.59 Å². The zero-order valence-electron chi connectivity index (χ0n) is 13.8. The van der Waals surface area contributed by atoms with Crippen LogP contribution in [-0.4, -0.2) is 45.9 Å². The van der Waals surface area contributed by atoms with E-state index in [2.05, 4.69) is 28.5 Å². The number of hydrogen-bond donors (Lipinski definition) is 1. The molecule has 132 valence electrons. The number of nitrogens with one attached hydrogen (secondary N) is 1. The number of aryl methyl sites for hydroxylation is 1. The molecule has 0 saturated carbocycles. The fourth-order valence-electron chi connectivity index (χ4n) is 3.09. The Balaban J connectivity index is 1.41. The molecule has 0 radical (unpaired) electrons. The van der Waals surface area contributed by atoms with Gasteiger partial charge in [-0.2, -0.15) is 0 Å². The van der Waals surface area contributed by atoms with Gasteiger partial charge in [-0.05, 0) is 36.8 Å². The first kappa shape index (κ1) is 16.6. The maximum Gasteiger partial charge on any atom is 0.324 e. The molecule has 2 aromatic heterocycles. The number of hydrogen-bond acceptors (Lipinski definition) is 7. The molecule has 0 spiro atoms. The van der Waals surface area contributed by atoms with Crippen molar-refractivity contribution < 1.29 is 14.0 Å². The van der Waals surface area contributed by atoms with Crippen LogP contribution >= 0.6 is 23.1 Å². The van der Waals surface area contributed by atoms with Crippen LogP contribution in [0, 0.1) is 5.92 Å². The molecule has 1 saturated heterocycles. The average Bonchev–Trinajstić information content (AvgIpc) is 3.30. The molecule has 0 bridgehead atoms. The molecule has 0 unspecified atom stereocenters. The van der Waals surface area contributed by atoms with Crippen molar-refractivity contribution in [1.82, 2.24) is 20.4 Å². The monoisotopic (exact) mass is 378 g/mol. The van der Waals surface area contributed by atoms with Crippen molar-refractivity contribution in [3.8, 4) is 10.8 Å². The SMILES string of the molecule is C[C@H]1CCc2sc(-c3nnc(SCC(=O)N4CCNC4=O)o3)cc2C1. The molecule has 1 atom stereocenters. The molecule has 0 aromatic carbocycles. The lowest BCUT2D eigenvalue weighted by Gasteiger charge is -2.16. The maximum atomic E-state index is 12.0. The van der Waals surface area contributed by atoms with Crippen molar-refractivity contribution in [1.29, 1.82) is 0 Å². The third kappa shape index (κ3) is 3.43. The van der Waals surface area contributed by atoms with Gasteiger partial charge < -0.3 is 9.73 Å². The molecule has 2 aromatic rings. The van der Waals surface area contributed by atoms with E-state index in [0.717, 1.165) is 35.4 Å². The molecule has 25 heavy (non-hydrogen) atoms. The number of thioether (sulfide) groups is 1. The van der Waals surface area contributed by atoms with Gasteiger partial charge in [-0.25, -0.2) is 4.79 Å². The van der Waals surface area contributed by atoms with E-state index in [1.54, 1.807) is 11.3 Å². The maximum absolute atomic E-state index is 12.0. The van der Waals surface area contributed by atoms with Crippen LogP contribution in [0.15, 0.2) is 15.7 Å². The summed E-state index contributed by atoms with van der Waals surface area (Å²) in [6, 6.07) is 1.81. The van der Waals surface area contributed by atoms with Crippen LogP contribution in [0.4, 0.5) is 4.79 Å². The summed E-state index contributed by atoms with van der Waals surface area (Å²) in [6.07, 6.45) is 3.45. The minimum absolute atomic E-state index is 0.105. The second kappa shape index (κ2) is 6.80. The van der Waals surface area contributed by atoms with Crippen LogP contribution < -0.4 is 5.32 Å². The molecule has 1 N–H and O–H groups in total. The third-order valence-electron chi connectivity index (χ3n) is 4.42. The topological polar surface area (TPSA) is 88.3 Å². The number of carbonyl (C=O) groups excluding carboxylic acids is 2. The summed E-state index contributed by atoms with van der Waals surface area (Å²) in [6.45, 7) is 3.19. The quantitative estimate of drug-likeness (QED) is 0.823. The van der Waals surface area contributed by atoms with E-state index >= 15 is 0 Å². The Hall–Kier alpha value is -1.87. The standard InChI is InChI=1S/C16H18N4O3S2/c1-9-2-3-11-10(6-9)7-12(25-11)14-18-19-16(23-14)24-8-13(21)20-5-4-17-15(20)22/h7,9H,2-6,8H2,1H3,(H,17,22)/t9-/m0/s1. The van der Waals surface area contributed by atoms with E-state index < -0.39 is 0 Å². The molecule has 2 aliphatic rings. The van der Waals surface area contributed by atoms with E-state index in [0.29, 0.717) is 24.2 Å². The minimum Gasteiger partial charge on any atom is -0.410 e. The van der Waals surface area contributed by atoms with Gasteiger partial charge in [0.15, 0.2) is 0 Å². The summed E-state index contributed by atoms with van der Waals surface area (Å²) < 4.78 is 5.69. The summed E-state index contributed by atoms with van der Waals surface area (Å²) in [4.78, 5) is 27.1. The number of carbonyl (C=O) groups is 2. The van der Waals surface area contributed by atoms with Gasteiger partial charge in [0.1, 0.15) is 0 Å². The summed E-state index contributed by atoms with van der Waals surface area (Å²) in [5.74, 6) is 1.08. The summed E-state index contributed by atoms with van der Waals surface area (Å²) >= 11 is 2.88. The average molecular weight is 378 g/mol. The van der Waals surface area contributed by atoms with Crippen molar-refractivity contribution in [2.75, 3.05) is 18.8 Å². The highest BCUT2D eigenvalue weighted by molar-refractivity contribution is 7.99. The number of rotatable bonds is 4. The van der Waals surface area contributed by atoms with Crippen LogP contribution in [0.2, 0.25) is 0 Å². The second-order valence-electron chi connectivity index (χ2n) is 6.35. The molecule has 3 heterocycles. The Morgan fingerprint density at radius 2 is 2.40 bits per heavy atom. The Morgan fingerprint density at radius 1 is 1.52 bits per heavy atom. The van der Waals surface area contributed by atoms with E-state index in [-0.39, 0.29) is 17.7 Å². The Labute approximate surface area is 153 Å². The summed E-state index contributed by atoms with van der Waals surface area (Å²) in [5.41, 5.74) is 1.39. The molecule has 3 amide bonds. The van der Waals surface area contributed by atoms with E-state index in [4.69, 9.17) is 4.42 Å². The van der Waals surface area contributed by atoms with Gasteiger partial charge in [-0.15, -0.1) is 21.5 Å². The molecular weight excluding hydrogens is 360 g/mol. The molecule has 4 rings (SSSR count). The first-order valence-corrected chi connectivity index (χ1v) is 10.1. The highest BCUT2D eigenvalue weighted by Crippen LogP contribution is 2.37. The van der Waals surface area contributed by atoms with Gasteiger partial charge in [0.25, 0.3) is 11.1 Å². The lowest BCUT2D eigenvalue weighted by Crippen LogP contribution is -2.35. The minimum atomic E-state index is -0.338. The van der Waals surface area contributed by atoms with Crippen LogP contribution in [0.25, 0.3) is 10.8 Å². The number of fused-ring (bicyclic) bond motifs is 1. The zero-order chi connectivity index (χ0) is 17.4. The van der Waals surface area contributed by atoms with E-state index in [1.165, 1.54) is 21.8 Å². The summed E-state index contributed by atoms with van der Waals surface area (Å²) in [5, 5.41) is 11.1. The number of amides is 3. The lowest BCUT2D eigenvalue weighted by atomic mass is 9.90. The van der Waals surface area contributed by atoms with Crippen molar-refractivity contribution in [3.63, 3.8) is 0 Å². The molecule has 1 aliphatic heterocycles. The predicted molar refractivity (Wildman–Crippen MR) is 94.6 cm³/mol. The third-order valence-corrected chi connectivity index (χ3v) is 6.45. The van der Waals surface area contributed by atoms with Crippen molar-refractivity contribution in [2.24, 2.45) is 5.92 Å². The summed E-state index contributed by atoms with van der Waals surface area (Å²) in [7, 11) is 0. The zero-order valence-corrected chi connectivity index (χ0v) is 15.4. The largest absolute Gasteiger partial charge is 0.410 e. The second-order valence-corrected chi connectivity index (χ2v) is 8.41. The Morgan fingerprint density at radius 3 is 3.20 bits per heavy atom. The number of nitrogens with zero attached hydrogens (tertiary/aromatic N) is 3. The van der Waals surface area contributed by atoms with Crippen LogP contribution in [0.5, 0.6) is 0 Å². The number of aromatic nitrogens is 2. The van der Waals surface area contributed by atoms with Crippen LogP contribution in [0.3, 0.4) is 0 Å². The number of urea groups is 1. The van der Waals surface area contributed by atoms with E-state index in [1.807, 2.05) is 0 Å². The predicted octanol–water partition coefficient (Wildman–Crippen LogP) is 2.57. The van der Waals surface area contributed by atoms with Gasteiger partial charge in [-0.3, -0.25) is 9.69 Å². The first-order chi connectivity index (χ1) is 12.1. The smallest absolute Gasteiger partial charge is 0.324 e. The normalized spacial score (nSPS) is 19.8. The van der Waals surface area contributed by atoms with Crippen LogP contribution in [-0.2, 0) is 17.6 Å². The number of imide groups is 1.